The molecule has 0 heterocycles. The molecule has 0 unspecified atom stereocenters. The van der Waals surface area contributed by atoms with Crippen LogP contribution in [0.1, 0.15) is 63.9 Å². The number of carbonyl (C=O) groups excluding carboxylic acids is 1. The Hall–Kier alpha value is -1.57. The summed E-state index contributed by atoms with van der Waals surface area (Å²) in [7, 11) is 0. The van der Waals surface area contributed by atoms with Crippen LogP contribution in [0.2, 0.25) is 0 Å². The number of allylic oxidation sites excluding steroid dienone is 1. The molecule has 0 radical (unpaired) electrons. The van der Waals surface area contributed by atoms with Gasteiger partial charge in [0.05, 0.1) is 6.61 Å². The quantitative estimate of drug-likeness (QED) is 0.355. The number of rotatable bonds is 13. The Morgan fingerprint density at radius 3 is 2.32 bits per heavy atom. The minimum atomic E-state index is 0.0237. The highest BCUT2D eigenvalue weighted by Crippen LogP contribution is 2.15. The summed E-state index contributed by atoms with van der Waals surface area (Å²) in [5, 5.41) is 0. The summed E-state index contributed by atoms with van der Waals surface area (Å²) < 4.78 is 5.55. The van der Waals surface area contributed by atoms with E-state index < -0.39 is 0 Å². The van der Waals surface area contributed by atoms with Crippen molar-refractivity contribution in [3.05, 3.63) is 42.5 Å². The van der Waals surface area contributed by atoms with E-state index in [0.717, 1.165) is 12.2 Å². The number of carbonyl (C=O) groups is 1. The highest BCUT2D eigenvalue weighted by Gasteiger charge is 1.99. The second-order valence-corrected chi connectivity index (χ2v) is 5.78. The fourth-order valence-electron chi connectivity index (χ4n) is 2.41. The summed E-state index contributed by atoms with van der Waals surface area (Å²) in [6.07, 6.45) is 12.3. The van der Waals surface area contributed by atoms with Crippen LogP contribution in [0.15, 0.2) is 36.9 Å². The largest absolute Gasteiger partial charge is 0.493 e. The first kappa shape index (κ1) is 18.5. The van der Waals surface area contributed by atoms with Crippen molar-refractivity contribution in [3.63, 3.8) is 0 Å². The molecule has 0 saturated heterocycles. The van der Waals surface area contributed by atoms with Crippen molar-refractivity contribution in [1.82, 2.24) is 0 Å². The van der Waals surface area contributed by atoms with Gasteiger partial charge < -0.3 is 4.74 Å². The van der Waals surface area contributed by atoms with Crippen LogP contribution in [0.25, 0.3) is 0 Å². The van der Waals surface area contributed by atoms with E-state index in [1.165, 1.54) is 56.6 Å². The SMILES string of the molecule is C=CC(=O)CCOc1ccc(CCCCCCCCC)cc1. The van der Waals surface area contributed by atoms with Crippen LogP contribution < -0.4 is 4.74 Å². The van der Waals surface area contributed by atoms with Gasteiger partial charge in [-0.25, -0.2) is 0 Å². The van der Waals surface area contributed by atoms with Gasteiger partial charge in [-0.05, 0) is 36.6 Å². The molecule has 0 saturated carbocycles. The topological polar surface area (TPSA) is 26.3 Å². The number of ether oxygens (including phenoxy) is 1. The molecule has 1 aromatic rings. The summed E-state index contributed by atoms with van der Waals surface area (Å²) >= 11 is 0. The lowest BCUT2D eigenvalue weighted by molar-refractivity contribution is -0.115. The van der Waals surface area contributed by atoms with Crippen LogP contribution in [-0.4, -0.2) is 12.4 Å². The van der Waals surface area contributed by atoms with Gasteiger partial charge in [-0.2, -0.15) is 0 Å². The Balaban J connectivity index is 2.13. The van der Waals surface area contributed by atoms with Crippen molar-refractivity contribution in [2.75, 3.05) is 6.61 Å². The molecular formula is C20H30O2. The molecule has 0 aromatic heterocycles. The van der Waals surface area contributed by atoms with Gasteiger partial charge in [0.2, 0.25) is 0 Å². The smallest absolute Gasteiger partial charge is 0.158 e. The van der Waals surface area contributed by atoms with Gasteiger partial charge in [0.15, 0.2) is 5.78 Å². The molecule has 1 aromatic carbocycles. The number of hydrogen-bond donors (Lipinski definition) is 0. The van der Waals surface area contributed by atoms with E-state index >= 15 is 0 Å². The Kier molecular flexibility index (Phi) is 10.1. The first-order chi connectivity index (χ1) is 10.8. The number of aryl methyl sites for hydroxylation is 1. The monoisotopic (exact) mass is 302 g/mol. The van der Waals surface area contributed by atoms with Gasteiger partial charge in [-0.15, -0.1) is 0 Å². The normalized spacial score (nSPS) is 10.4. The Labute approximate surface area is 135 Å². The zero-order valence-corrected chi connectivity index (χ0v) is 14.0. The third-order valence-corrected chi connectivity index (χ3v) is 3.84. The van der Waals surface area contributed by atoms with Gasteiger partial charge in [0.25, 0.3) is 0 Å². The van der Waals surface area contributed by atoms with Crippen LogP contribution >= 0.6 is 0 Å². The summed E-state index contributed by atoms with van der Waals surface area (Å²) in [5.74, 6) is 0.857. The van der Waals surface area contributed by atoms with Gasteiger partial charge in [-0.1, -0.05) is 64.2 Å². The Morgan fingerprint density at radius 1 is 1.05 bits per heavy atom. The molecule has 2 heteroatoms. The maximum absolute atomic E-state index is 11.1. The zero-order chi connectivity index (χ0) is 16.0. The fourth-order valence-corrected chi connectivity index (χ4v) is 2.41. The molecule has 0 fully saturated rings. The summed E-state index contributed by atoms with van der Waals surface area (Å²) in [4.78, 5) is 11.1. The predicted molar refractivity (Wildman–Crippen MR) is 93.5 cm³/mol. The second kappa shape index (κ2) is 12.0. The van der Waals surface area contributed by atoms with Crippen LogP contribution in [-0.2, 0) is 11.2 Å². The molecule has 22 heavy (non-hydrogen) atoms. The zero-order valence-electron chi connectivity index (χ0n) is 14.0. The minimum absolute atomic E-state index is 0.0237. The molecule has 1 rings (SSSR count). The molecule has 0 bridgehead atoms. The van der Waals surface area contributed by atoms with Crippen molar-refractivity contribution in [1.29, 1.82) is 0 Å². The first-order valence-corrected chi connectivity index (χ1v) is 8.63. The molecule has 0 aliphatic rings. The summed E-state index contributed by atoms with van der Waals surface area (Å²) in [6, 6.07) is 8.24. The molecule has 0 aliphatic carbocycles. The Morgan fingerprint density at radius 2 is 1.68 bits per heavy atom. The molecule has 0 aliphatic heterocycles. The summed E-state index contributed by atoms with van der Waals surface area (Å²) in [6.45, 7) is 6.12. The number of benzene rings is 1. The second-order valence-electron chi connectivity index (χ2n) is 5.78. The highest BCUT2D eigenvalue weighted by molar-refractivity contribution is 5.89. The molecule has 0 atom stereocenters. The predicted octanol–water partition coefficient (Wildman–Crippen LogP) is 5.50. The lowest BCUT2D eigenvalue weighted by Crippen LogP contribution is -2.03. The van der Waals surface area contributed by atoms with Gasteiger partial charge in [0, 0.05) is 6.42 Å². The molecule has 0 spiro atoms. The maximum atomic E-state index is 11.1. The minimum Gasteiger partial charge on any atom is -0.493 e. The lowest BCUT2D eigenvalue weighted by Gasteiger charge is -2.06. The van der Waals surface area contributed by atoms with Crippen molar-refractivity contribution < 1.29 is 9.53 Å². The average Bonchev–Trinajstić information content (AvgIpc) is 2.55. The third kappa shape index (κ3) is 8.66. The van der Waals surface area contributed by atoms with Crippen LogP contribution in [0.4, 0.5) is 0 Å². The maximum Gasteiger partial charge on any atom is 0.158 e. The summed E-state index contributed by atoms with van der Waals surface area (Å²) in [5.41, 5.74) is 1.36. The number of unbranched alkanes of at least 4 members (excludes halogenated alkanes) is 6. The van der Waals surface area contributed by atoms with E-state index in [4.69, 9.17) is 4.74 Å². The lowest BCUT2D eigenvalue weighted by atomic mass is 10.0. The molecule has 0 amide bonds. The van der Waals surface area contributed by atoms with E-state index in [1.54, 1.807) is 0 Å². The van der Waals surface area contributed by atoms with E-state index in [1.807, 2.05) is 12.1 Å². The number of ketones is 1. The van der Waals surface area contributed by atoms with Crippen molar-refractivity contribution in [3.8, 4) is 5.75 Å². The standard InChI is InChI=1S/C20H30O2/c1-3-5-6-7-8-9-10-11-18-12-14-20(15-13-18)22-17-16-19(21)4-2/h4,12-15H,2-3,5-11,16-17H2,1H3. The van der Waals surface area contributed by atoms with E-state index in [2.05, 4.69) is 25.6 Å². The van der Waals surface area contributed by atoms with Gasteiger partial charge >= 0.3 is 0 Å². The van der Waals surface area contributed by atoms with E-state index in [-0.39, 0.29) is 5.78 Å². The number of hydrogen-bond acceptors (Lipinski definition) is 2. The molecule has 0 N–H and O–H groups in total. The van der Waals surface area contributed by atoms with Crippen LogP contribution in [0, 0.1) is 0 Å². The van der Waals surface area contributed by atoms with Gasteiger partial charge in [0.1, 0.15) is 5.75 Å². The van der Waals surface area contributed by atoms with Crippen LogP contribution in [0.5, 0.6) is 5.75 Å². The van der Waals surface area contributed by atoms with Gasteiger partial charge in [-0.3, -0.25) is 4.79 Å². The third-order valence-electron chi connectivity index (χ3n) is 3.84. The average molecular weight is 302 g/mol. The van der Waals surface area contributed by atoms with Crippen LogP contribution in [0.3, 0.4) is 0 Å². The highest BCUT2D eigenvalue weighted by atomic mass is 16.5. The first-order valence-electron chi connectivity index (χ1n) is 8.63. The van der Waals surface area contributed by atoms with Crippen molar-refractivity contribution >= 4 is 5.78 Å². The molecule has 2 nitrogen and oxygen atoms in total. The van der Waals surface area contributed by atoms with E-state index in [0.29, 0.717) is 13.0 Å². The van der Waals surface area contributed by atoms with Crippen molar-refractivity contribution in [2.24, 2.45) is 0 Å². The Bertz CT molecular complexity index is 420. The van der Waals surface area contributed by atoms with E-state index in [9.17, 15) is 4.79 Å². The van der Waals surface area contributed by atoms with Crippen molar-refractivity contribution in [2.45, 2.75) is 64.7 Å². The molecular weight excluding hydrogens is 272 g/mol. The molecule has 122 valence electrons. The fraction of sp³-hybridized carbons (Fsp3) is 0.550.